The third-order valence-electron chi connectivity index (χ3n) is 3.63. The number of benzene rings is 1. The van der Waals surface area contributed by atoms with E-state index in [4.69, 9.17) is 9.26 Å². The van der Waals surface area contributed by atoms with Crippen molar-refractivity contribution in [2.45, 2.75) is 6.42 Å². The van der Waals surface area contributed by atoms with Crippen LogP contribution in [0.3, 0.4) is 0 Å². The summed E-state index contributed by atoms with van der Waals surface area (Å²) in [5.41, 5.74) is 1.84. The molecule has 1 aliphatic rings. The lowest BCUT2D eigenvalue weighted by atomic mass is 10.1. The average molecular weight is 261 g/mol. The molecule has 0 bridgehead atoms. The summed E-state index contributed by atoms with van der Waals surface area (Å²) in [6.07, 6.45) is 0.930. The highest BCUT2D eigenvalue weighted by molar-refractivity contribution is 5.80. The molecule has 0 aliphatic carbocycles. The molecule has 5 heteroatoms. The van der Waals surface area contributed by atoms with Crippen LogP contribution in [-0.4, -0.2) is 49.9 Å². The van der Waals surface area contributed by atoms with E-state index in [0.29, 0.717) is 0 Å². The van der Waals surface area contributed by atoms with Crippen molar-refractivity contribution in [1.29, 1.82) is 0 Å². The van der Waals surface area contributed by atoms with Gasteiger partial charge in [-0.15, -0.1) is 0 Å². The van der Waals surface area contributed by atoms with Crippen LogP contribution in [-0.2, 0) is 6.42 Å². The van der Waals surface area contributed by atoms with Gasteiger partial charge in [0.2, 0.25) is 0 Å². The first-order chi connectivity index (χ1) is 9.36. The van der Waals surface area contributed by atoms with Crippen LogP contribution < -0.4 is 10.1 Å². The molecule has 2 heterocycles. The molecule has 1 N–H and O–H groups in total. The van der Waals surface area contributed by atoms with Crippen LogP contribution in [0.25, 0.3) is 11.0 Å². The third-order valence-corrected chi connectivity index (χ3v) is 3.63. The summed E-state index contributed by atoms with van der Waals surface area (Å²) in [7, 11) is 1.66. The molecule has 0 spiro atoms. The van der Waals surface area contributed by atoms with Crippen LogP contribution in [0.4, 0.5) is 0 Å². The van der Waals surface area contributed by atoms with Crippen molar-refractivity contribution in [2.24, 2.45) is 0 Å². The number of aromatic nitrogens is 1. The van der Waals surface area contributed by atoms with Gasteiger partial charge in [-0.2, -0.15) is 0 Å². The van der Waals surface area contributed by atoms with Crippen molar-refractivity contribution in [3.63, 3.8) is 0 Å². The zero-order chi connectivity index (χ0) is 13.1. The molecule has 0 saturated carbocycles. The van der Waals surface area contributed by atoms with Crippen LogP contribution in [0.15, 0.2) is 22.7 Å². The van der Waals surface area contributed by atoms with Gasteiger partial charge in [0.1, 0.15) is 5.75 Å². The number of piperazine rings is 1. The van der Waals surface area contributed by atoms with Gasteiger partial charge in [-0.3, -0.25) is 0 Å². The lowest BCUT2D eigenvalue weighted by molar-refractivity contribution is 0.242. The number of fused-ring (bicyclic) bond motifs is 1. The Labute approximate surface area is 112 Å². The van der Waals surface area contributed by atoms with Crippen molar-refractivity contribution >= 4 is 11.0 Å². The summed E-state index contributed by atoms with van der Waals surface area (Å²) in [4.78, 5) is 2.46. The maximum atomic E-state index is 5.37. The van der Waals surface area contributed by atoms with Gasteiger partial charge in [-0.05, 0) is 12.1 Å². The second kappa shape index (κ2) is 5.59. The van der Waals surface area contributed by atoms with E-state index in [1.807, 2.05) is 18.2 Å². The largest absolute Gasteiger partial charge is 0.497 e. The van der Waals surface area contributed by atoms with Crippen molar-refractivity contribution in [3.05, 3.63) is 23.9 Å². The van der Waals surface area contributed by atoms with Crippen molar-refractivity contribution in [2.75, 3.05) is 39.8 Å². The molecule has 0 radical (unpaired) electrons. The van der Waals surface area contributed by atoms with Gasteiger partial charge < -0.3 is 19.5 Å². The second-order valence-corrected chi connectivity index (χ2v) is 4.83. The molecule has 1 saturated heterocycles. The lowest BCUT2D eigenvalue weighted by Gasteiger charge is -2.26. The Kier molecular flexibility index (Phi) is 3.66. The number of nitrogens with zero attached hydrogens (tertiary/aromatic N) is 2. The number of nitrogens with one attached hydrogen (secondary N) is 1. The van der Waals surface area contributed by atoms with Gasteiger partial charge >= 0.3 is 0 Å². The van der Waals surface area contributed by atoms with E-state index in [-0.39, 0.29) is 0 Å². The van der Waals surface area contributed by atoms with Gasteiger partial charge in [0, 0.05) is 50.6 Å². The van der Waals surface area contributed by atoms with Crippen LogP contribution >= 0.6 is 0 Å². The molecule has 19 heavy (non-hydrogen) atoms. The third kappa shape index (κ3) is 2.72. The van der Waals surface area contributed by atoms with E-state index < -0.39 is 0 Å². The molecule has 0 unspecified atom stereocenters. The van der Waals surface area contributed by atoms with Crippen LogP contribution in [0.1, 0.15) is 5.69 Å². The summed E-state index contributed by atoms with van der Waals surface area (Å²) in [6, 6.07) is 5.86. The van der Waals surface area contributed by atoms with Gasteiger partial charge in [-0.25, -0.2) is 0 Å². The monoisotopic (exact) mass is 261 g/mol. The minimum atomic E-state index is 0.801. The van der Waals surface area contributed by atoms with Gasteiger partial charge in [0.25, 0.3) is 0 Å². The zero-order valence-electron chi connectivity index (χ0n) is 11.2. The number of rotatable bonds is 4. The van der Waals surface area contributed by atoms with Crippen LogP contribution in [0.5, 0.6) is 5.75 Å². The van der Waals surface area contributed by atoms with E-state index in [1.54, 1.807) is 7.11 Å². The SMILES string of the molecule is COc1ccc2c(CCN3CCNCC3)noc2c1. The summed E-state index contributed by atoms with van der Waals surface area (Å²) in [5, 5.41) is 8.64. The molecule has 1 aromatic carbocycles. The predicted molar refractivity (Wildman–Crippen MR) is 73.6 cm³/mol. The standard InChI is InChI=1S/C14H19N3O2/c1-18-11-2-3-12-13(16-19-14(12)10-11)4-7-17-8-5-15-6-9-17/h2-3,10,15H,4-9H2,1H3. The molecule has 2 aromatic rings. The Morgan fingerprint density at radius 2 is 2.21 bits per heavy atom. The minimum absolute atomic E-state index is 0.801. The molecule has 1 aliphatic heterocycles. The molecule has 0 amide bonds. The molecule has 0 atom stereocenters. The van der Waals surface area contributed by atoms with E-state index in [2.05, 4.69) is 15.4 Å². The fourth-order valence-electron chi connectivity index (χ4n) is 2.48. The Hall–Kier alpha value is -1.59. The van der Waals surface area contributed by atoms with E-state index >= 15 is 0 Å². The highest BCUT2D eigenvalue weighted by Crippen LogP contribution is 2.23. The van der Waals surface area contributed by atoms with E-state index in [0.717, 1.165) is 61.6 Å². The summed E-state index contributed by atoms with van der Waals surface area (Å²) >= 11 is 0. The van der Waals surface area contributed by atoms with Crippen molar-refractivity contribution in [1.82, 2.24) is 15.4 Å². The first kappa shape index (κ1) is 12.4. The zero-order valence-corrected chi connectivity index (χ0v) is 11.2. The highest BCUT2D eigenvalue weighted by atomic mass is 16.5. The highest BCUT2D eigenvalue weighted by Gasteiger charge is 2.13. The first-order valence-electron chi connectivity index (χ1n) is 6.72. The number of ether oxygens (including phenoxy) is 1. The Balaban J connectivity index is 1.70. The number of hydrogen-bond acceptors (Lipinski definition) is 5. The fraction of sp³-hybridized carbons (Fsp3) is 0.500. The van der Waals surface area contributed by atoms with Crippen LogP contribution in [0, 0.1) is 0 Å². The summed E-state index contributed by atoms with van der Waals surface area (Å²) in [6.45, 7) is 5.43. The first-order valence-corrected chi connectivity index (χ1v) is 6.72. The van der Waals surface area contributed by atoms with Crippen molar-refractivity contribution < 1.29 is 9.26 Å². The predicted octanol–water partition coefficient (Wildman–Crippen LogP) is 1.28. The molecular weight excluding hydrogens is 242 g/mol. The van der Waals surface area contributed by atoms with E-state index in [9.17, 15) is 0 Å². The average Bonchev–Trinajstić information content (AvgIpc) is 2.88. The lowest BCUT2D eigenvalue weighted by Crippen LogP contribution is -2.44. The molecule has 1 aromatic heterocycles. The normalized spacial score (nSPS) is 16.9. The number of hydrogen-bond donors (Lipinski definition) is 1. The molecular formula is C14H19N3O2. The van der Waals surface area contributed by atoms with Crippen LogP contribution in [0.2, 0.25) is 0 Å². The van der Waals surface area contributed by atoms with Gasteiger partial charge in [0.05, 0.1) is 12.8 Å². The van der Waals surface area contributed by atoms with Gasteiger partial charge in [0.15, 0.2) is 5.58 Å². The van der Waals surface area contributed by atoms with Gasteiger partial charge in [-0.1, -0.05) is 5.16 Å². The maximum Gasteiger partial charge on any atom is 0.170 e. The van der Waals surface area contributed by atoms with E-state index in [1.165, 1.54) is 0 Å². The second-order valence-electron chi connectivity index (χ2n) is 4.83. The summed E-state index contributed by atoms with van der Waals surface area (Å²) < 4.78 is 10.6. The number of methoxy groups -OCH3 is 1. The Morgan fingerprint density at radius 1 is 1.37 bits per heavy atom. The quantitative estimate of drug-likeness (QED) is 0.898. The Morgan fingerprint density at radius 3 is 3.00 bits per heavy atom. The molecule has 3 rings (SSSR count). The molecule has 1 fully saturated rings. The summed E-state index contributed by atoms with van der Waals surface area (Å²) in [5.74, 6) is 0.803. The topological polar surface area (TPSA) is 50.5 Å². The van der Waals surface area contributed by atoms with Crippen molar-refractivity contribution in [3.8, 4) is 5.75 Å². The molecule has 102 valence electrons. The molecule has 5 nitrogen and oxygen atoms in total. The smallest absolute Gasteiger partial charge is 0.170 e. The fourth-order valence-corrected chi connectivity index (χ4v) is 2.48. The maximum absolute atomic E-state index is 5.37. The Bertz CT molecular complexity index is 547. The minimum Gasteiger partial charge on any atom is -0.497 e.